The molecule has 0 saturated heterocycles. The third kappa shape index (κ3) is 8.80. The molecule has 9 heteroatoms. The zero-order valence-electron chi connectivity index (χ0n) is 31.4. The molecule has 0 aliphatic heterocycles. The Morgan fingerprint density at radius 3 is 1.06 bits per heavy atom. The molecule has 0 unspecified atom stereocenters. The Bertz CT molecular complexity index is 2150. The van der Waals surface area contributed by atoms with Gasteiger partial charge in [-0.05, 0) is 99.3 Å². The van der Waals surface area contributed by atoms with Crippen molar-refractivity contribution in [2.75, 3.05) is 0 Å². The molecule has 0 atom stereocenters. The maximum Gasteiger partial charge on any atom is 0.248 e. The molecule has 274 valence electrons. The quantitative estimate of drug-likeness (QED) is 0.120. The van der Waals surface area contributed by atoms with Crippen molar-refractivity contribution in [3.8, 4) is 57.3 Å². The molecular weight excluding hydrogens is 740 g/mol. The lowest BCUT2D eigenvalue weighted by Crippen LogP contribution is -2.10. The first kappa shape index (κ1) is 36.8. The largest absolute Gasteiger partial charge is 0.489 e. The van der Waals surface area contributed by atoms with Crippen molar-refractivity contribution in [1.82, 2.24) is 20.4 Å². The second-order valence-corrected chi connectivity index (χ2v) is 16.0. The number of benzene rings is 5. The van der Waals surface area contributed by atoms with E-state index in [4.69, 9.17) is 18.3 Å². The van der Waals surface area contributed by atoms with Gasteiger partial charge >= 0.3 is 0 Å². The molecule has 0 amide bonds. The van der Waals surface area contributed by atoms with Crippen LogP contribution < -0.4 is 9.47 Å². The minimum absolute atomic E-state index is 0.0797. The summed E-state index contributed by atoms with van der Waals surface area (Å²) in [6.07, 6.45) is 0. The monoisotopic (exact) mass is 782 g/mol. The molecule has 0 bridgehead atoms. The van der Waals surface area contributed by atoms with Crippen LogP contribution in [0.15, 0.2) is 124 Å². The molecule has 0 fully saturated rings. The molecule has 2 aromatic heterocycles. The van der Waals surface area contributed by atoms with Crippen LogP contribution in [0.5, 0.6) is 11.5 Å². The molecule has 0 saturated carbocycles. The van der Waals surface area contributed by atoms with E-state index in [2.05, 4.69) is 102 Å². The highest BCUT2D eigenvalue weighted by Crippen LogP contribution is 2.31. The Balaban J connectivity index is 0.941. The molecule has 0 aliphatic carbocycles. The van der Waals surface area contributed by atoms with Crippen LogP contribution in [0.3, 0.4) is 0 Å². The van der Waals surface area contributed by atoms with Gasteiger partial charge < -0.3 is 18.3 Å². The van der Waals surface area contributed by atoms with Gasteiger partial charge in [0.25, 0.3) is 0 Å². The average Bonchev–Trinajstić information content (AvgIpc) is 3.88. The van der Waals surface area contributed by atoms with Gasteiger partial charge in [-0.15, -0.1) is 20.4 Å². The van der Waals surface area contributed by atoms with Crippen LogP contribution >= 0.6 is 15.9 Å². The van der Waals surface area contributed by atoms with Crippen molar-refractivity contribution in [2.24, 2.45) is 0 Å². The smallest absolute Gasteiger partial charge is 0.248 e. The zero-order chi connectivity index (χ0) is 37.9. The van der Waals surface area contributed by atoms with Crippen LogP contribution in [0.25, 0.3) is 45.8 Å². The van der Waals surface area contributed by atoms with E-state index in [1.807, 2.05) is 91.0 Å². The highest BCUT2D eigenvalue weighted by Gasteiger charge is 2.17. The van der Waals surface area contributed by atoms with E-state index in [9.17, 15) is 0 Å². The van der Waals surface area contributed by atoms with Crippen LogP contribution in [0.2, 0.25) is 0 Å². The van der Waals surface area contributed by atoms with Gasteiger partial charge in [0, 0.05) is 33.7 Å². The van der Waals surface area contributed by atoms with Crippen molar-refractivity contribution in [2.45, 2.75) is 70.9 Å². The molecule has 7 rings (SSSR count). The van der Waals surface area contributed by atoms with Crippen LogP contribution in [-0.2, 0) is 29.4 Å². The highest BCUT2D eigenvalue weighted by atomic mass is 79.9. The first-order valence-electron chi connectivity index (χ1n) is 17.9. The van der Waals surface area contributed by atoms with Crippen molar-refractivity contribution < 1.29 is 18.3 Å². The Labute approximate surface area is 324 Å². The fourth-order valence-electron chi connectivity index (χ4n) is 5.83. The van der Waals surface area contributed by atoms with E-state index in [-0.39, 0.29) is 10.8 Å². The molecule has 5 aromatic carbocycles. The minimum Gasteiger partial charge on any atom is -0.489 e. The van der Waals surface area contributed by atoms with Gasteiger partial charge in [-0.1, -0.05) is 106 Å². The Morgan fingerprint density at radius 2 is 0.759 bits per heavy atom. The SMILES string of the molecule is CC(C)(C)c1ccc(-c2nnc(-c3ccc(COc4cc(CBr)cc(OCc5ccc(-c6nnc(-c7ccc(C(C)(C)C)cc7)o6)cc5)c4)cc3)o2)cc1. The Morgan fingerprint density at radius 1 is 0.444 bits per heavy atom. The first-order chi connectivity index (χ1) is 25.9. The summed E-state index contributed by atoms with van der Waals surface area (Å²) in [6.45, 7) is 13.9. The minimum atomic E-state index is 0.0797. The second kappa shape index (κ2) is 15.4. The number of halogens is 1. The number of rotatable bonds is 11. The predicted molar refractivity (Wildman–Crippen MR) is 215 cm³/mol. The number of aromatic nitrogens is 4. The molecule has 0 aliphatic rings. The third-order valence-corrected chi connectivity index (χ3v) is 9.80. The maximum atomic E-state index is 6.21. The van der Waals surface area contributed by atoms with E-state index >= 15 is 0 Å². The maximum absolute atomic E-state index is 6.21. The van der Waals surface area contributed by atoms with E-state index in [1.165, 1.54) is 11.1 Å². The van der Waals surface area contributed by atoms with Crippen LogP contribution in [0, 0.1) is 0 Å². The van der Waals surface area contributed by atoms with Gasteiger partial charge in [0.15, 0.2) is 0 Å². The van der Waals surface area contributed by atoms with E-state index in [1.54, 1.807) is 0 Å². The van der Waals surface area contributed by atoms with E-state index < -0.39 is 0 Å². The summed E-state index contributed by atoms with van der Waals surface area (Å²) in [7, 11) is 0. The summed E-state index contributed by atoms with van der Waals surface area (Å²) < 4.78 is 24.5. The summed E-state index contributed by atoms with van der Waals surface area (Å²) in [4.78, 5) is 0. The number of ether oxygens (including phenoxy) is 2. The zero-order valence-corrected chi connectivity index (χ0v) is 33.0. The van der Waals surface area contributed by atoms with E-state index in [0.29, 0.717) is 42.1 Å². The van der Waals surface area contributed by atoms with Gasteiger partial charge in [-0.2, -0.15) is 0 Å². The molecule has 54 heavy (non-hydrogen) atoms. The normalized spacial score (nSPS) is 11.8. The lowest BCUT2D eigenvalue weighted by Gasteiger charge is -2.18. The van der Waals surface area contributed by atoms with Crippen LogP contribution in [-0.4, -0.2) is 20.4 Å². The van der Waals surface area contributed by atoms with Gasteiger partial charge in [-0.3, -0.25) is 0 Å². The molecule has 2 heterocycles. The van der Waals surface area contributed by atoms with Crippen LogP contribution in [0.1, 0.15) is 69.4 Å². The first-order valence-corrected chi connectivity index (χ1v) is 19.1. The summed E-state index contributed by atoms with van der Waals surface area (Å²) in [5.74, 6) is 3.38. The third-order valence-electron chi connectivity index (χ3n) is 9.15. The lowest BCUT2D eigenvalue weighted by molar-refractivity contribution is 0.289. The molecular formula is C45H43BrN4O4. The Hall–Kier alpha value is -5.54. The van der Waals surface area contributed by atoms with Crippen molar-refractivity contribution in [3.63, 3.8) is 0 Å². The van der Waals surface area contributed by atoms with Crippen molar-refractivity contribution >= 4 is 15.9 Å². The van der Waals surface area contributed by atoms with E-state index in [0.717, 1.165) is 50.4 Å². The molecule has 0 radical (unpaired) electrons. The number of nitrogens with zero attached hydrogens (tertiary/aromatic N) is 4. The van der Waals surface area contributed by atoms with Crippen molar-refractivity contribution in [1.29, 1.82) is 0 Å². The summed E-state index contributed by atoms with van der Waals surface area (Å²) in [6, 6.07) is 38.4. The van der Waals surface area contributed by atoms with Crippen LogP contribution in [0.4, 0.5) is 0 Å². The predicted octanol–water partition coefficient (Wildman–Crippen LogP) is 11.8. The highest BCUT2D eigenvalue weighted by molar-refractivity contribution is 9.08. The van der Waals surface area contributed by atoms with Gasteiger partial charge in [-0.25, -0.2) is 0 Å². The van der Waals surface area contributed by atoms with Gasteiger partial charge in [0.05, 0.1) is 0 Å². The topological polar surface area (TPSA) is 96.3 Å². The average molecular weight is 784 g/mol. The lowest BCUT2D eigenvalue weighted by atomic mass is 9.87. The summed E-state index contributed by atoms with van der Waals surface area (Å²) in [5.41, 5.74) is 9.21. The van der Waals surface area contributed by atoms with Crippen molar-refractivity contribution in [3.05, 3.63) is 143 Å². The second-order valence-electron chi connectivity index (χ2n) is 15.4. The molecule has 8 nitrogen and oxygen atoms in total. The summed E-state index contributed by atoms with van der Waals surface area (Å²) in [5, 5.41) is 17.8. The fraction of sp³-hybridized carbons (Fsp3) is 0.244. The fourth-order valence-corrected chi connectivity index (χ4v) is 6.16. The van der Waals surface area contributed by atoms with Gasteiger partial charge in [0.1, 0.15) is 24.7 Å². The summed E-state index contributed by atoms with van der Waals surface area (Å²) >= 11 is 3.58. The standard InChI is InChI=1S/C45H43BrN4O4/c1-44(2,3)36-19-15-34(16-20-36)42-49-47-40(53-42)32-11-7-29(8-12-32)27-51-38-23-31(26-46)24-39(25-38)52-28-30-9-13-33(14-10-30)41-48-50-43(54-41)35-17-21-37(22-18-35)45(4,5)6/h7-25H,26-28H2,1-6H3. The Kier molecular flexibility index (Phi) is 10.5. The number of hydrogen-bond donors (Lipinski definition) is 0. The molecule has 7 aromatic rings. The number of hydrogen-bond acceptors (Lipinski definition) is 8. The molecule has 0 spiro atoms. The molecule has 0 N–H and O–H groups in total. The number of alkyl halides is 1. The van der Waals surface area contributed by atoms with Gasteiger partial charge in [0.2, 0.25) is 23.6 Å².